The Bertz CT molecular complexity index is 284. The summed E-state index contributed by atoms with van der Waals surface area (Å²) in [5.74, 6) is 0. The van der Waals surface area contributed by atoms with E-state index in [0.29, 0.717) is 39.4 Å². The minimum Gasteiger partial charge on any atom is -0.381 e. The van der Waals surface area contributed by atoms with Crippen molar-refractivity contribution in [2.45, 2.75) is 24.6 Å². The largest absolute Gasteiger partial charge is 0.401 e. The molecule has 4 nitrogen and oxygen atoms in total. The van der Waals surface area contributed by atoms with Crippen molar-refractivity contribution in [3.05, 3.63) is 0 Å². The molecule has 112 valence electrons. The van der Waals surface area contributed by atoms with Crippen LogP contribution in [0.2, 0.25) is 0 Å². The predicted molar refractivity (Wildman–Crippen MR) is 65.9 cm³/mol. The molecule has 19 heavy (non-hydrogen) atoms. The van der Waals surface area contributed by atoms with Crippen molar-refractivity contribution in [2.75, 3.05) is 52.5 Å². The van der Waals surface area contributed by atoms with Gasteiger partial charge < -0.3 is 10.5 Å². The molecule has 0 aliphatic carbocycles. The van der Waals surface area contributed by atoms with E-state index in [1.807, 2.05) is 0 Å². The highest BCUT2D eigenvalue weighted by Gasteiger charge is 2.34. The summed E-state index contributed by atoms with van der Waals surface area (Å²) < 4.78 is 42.1. The van der Waals surface area contributed by atoms with Crippen LogP contribution in [-0.4, -0.2) is 74.0 Å². The minimum absolute atomic E-state index is 0.232. The maximum atomic E-state index is 12.3. The molecule has 0 amide bonds. The molecule has 2 N–H and O–H groups in total. The van der Waals surface area contributed by atoms with Crippen molar-refractivity contribution in [3.8, 4) is 0 Å². The van der Waals surface area contributed by atoms with Crippen LogP contribution in [0.15, 0.2) is 0 Å². The number of ether oxygens (including phenoxy) is 1. The summed E-state index contributed by atoms with van der Waals surface area (Å²) in [6.45, 7) is 3.58. The van der Waals surface area contributed by atoms with Crippen LogP contribution in [0.3, 0.4) is 0 Å². The smallest absolute Gasteiger partial charge is 0.381 e. The first-order valence-electron chi connectivity index (χ1n) is 6.74. The van der Waals surface area contributed by atoms with Gasteiger partial charge in [-0.3, -0.25) is 9.80 Å². The Morgan fingerprint density at radius 3 is 2.05 bits per heavy atom. The Kier molecular flexibility index (Phi) is 4.70. The van der Waals surface area contributed by atoms with Crippen molar-refractivity contribution in [1.29, 1.82) is 0 Å². The fourth-order valence-electron chi connectivity index (χ4n) is 2.74. The van der Waals surface area contributed by atoms with Crippen LogP contribution in [0.5, 0.6) is 0 Å². The lowest BCUT2D eigenvalue weighted by Crippen LogP contribution is -2.57. The zero-order chi connectivity index (χ0) is 13.9. The lowest BCUT2D eigenvalue weighted by atomic mass is 9.90. The first-order chi connectivity index (χ1) is 8.86. The average molecular weight is 281 g/mol. The monoisotopic (exact) mass is 281 g/mol. The number of piperazine rings is 1. The molecule has 2 fully saturated rings. The highest BCUT2D eigenvalue weighted by atomic mass is 19.4. The number of hydrogen-bond acceptors (Lipinski definition) is 4. The molecule has 2 heterocycles. The quantitative estimate of drug-likeness (QED) is 0.826. The molecule has 2 rings (SSSR count). The lowest BCUT2D eigenvalue weighted by Gasteiger charge is -2.41. The molecular weight excluding hydrogens is 259 g/mol. The summed E-state index contributed by atoms with van der Waals surface area (Å²) in [7, 11) is 0. The van der Waals surface area contributed by atoms with Crippen molar-refractivity contribution >= 4 is 0 Å². The van der Waals surface area contributed by atoms with Gasteiger partial charge in [-0.2, -0.15) is 13.2 Å². The first kappa shape index (κ1) is 15.0. The van der Waals surface area contributed by atoms with E-state index in [4.69, 9.17) is 10.5 Å². The van der Waals surface area contributed by atoms with Gasteiger partial charge in [-0.25, -0.2) is 0 Å². The molecule has 0 spiro atoms. The van der Waals surface area contributed by atoms with Gasteiger partial charge in [0.05, 0.1) is 6.54 Å². The van der Waals surface area contributed by atoms with Crippen LogP contribution in [0.1, 0.15) is 12.8 Å². The number of alkyl halides is 3. The molecule has 0 atom stereocenters. The summed E-state index contributed by atoms with van der Waals surface area (Å²) in [6, 6.07) is 0. The van der Waals surface area contributed by atoms with Crippen LogP contribution in [0.4, 0.5) is 13.2 Å². The number of hydrogen-bond donors (Lipinski definition) is 1. The van der Waals surface area contributed by atoms with E-state index in [1.165, 1.54) is 4.90 Å². The van der Waals surface area contributed by atoms with E-state index in [-0.39, 0.29) is 5.54 Å². The number of rotatable bonds is 3. The van der Waals surface area contributed by atoms with Gasteiger partial charge in [0.2, 0.25) is 0 Å². The number of halogens is 3. The Labute approximate surface area is 111 Å². The molecule has 0 bridgehead atoms. The Morgan fingerprint density at radius 1 is 1.00 bits per heavy atom. The molecule has 0 radical (unpaired) electrons. The number of nitrogens with zero attached hydrogens (tertiary/aromatic N) is 2. The summed E-state index contributed by atoms with van der Waals surface area (Å²) in [5, 5.41) is 0. The van der Waals surface area contributed by atoms with Crippen LogP contribution in [0.25, 0.3) is 0 Å². The molecule has 0 aromatic carbocycles. The second kappa shape index (κ2) is 5.95. The summed E-state index contributed by atoms with van der Waals surface area (Å²) in [5.41, 5.74) is 6.08. The van der Waals surface area contributed by atoms with Crippen molar-refractivity contribution < 1.29 is 17.9 Å². The van der Waals surface area contributed by atoms with Gasteiger partial charge in [-0.1, -0.05) is 0 Å². The molecule has 0 aromatic heterocycles. The zero-order valence-corrected chi connectivity index (χ0v) is 11.1. The van der Waals surface area contributed by atoms with Gasteiger partial charge in [0.25, 0.3) is 0 Å². The van der Waals surface area contributed by atoms with Gasteiger partial charge in [-0.15, -0.1) is 0 Å². The van der Waals surface area contributed by atoms with Gasteiger partial charge >= 0.3 is 6.18 Å². The molecule has 2 aliphatic rings. The summed E-state index contributed by atoms with van der Waals surface area (Å²) >= 11 is 0. The third kappa shape index (κ3) is 4.91. The molecular formula is C12H22F3N3O. The second-order valence-electron chi connectivity index (χ2n) is 5.64. The molecule has 0 unspecified atom stereocenters. The highest BCUT2D eigenvalue weighted by molar-refractivity contribution is 4.91. The third-order valence-electron chi connectivity index (χ3n) is 3.89. The Morgan fingerprint density at radius 2 is 1.53 bits per heavy atom. The molecule has 2 saturated heterocycles. The topological polar surface area (TPSA) is 41.7 Å². The van der Waals surface area contributed by atoms with E-state index >= 15 is 0 Å². The maximum absolute atomic E-state index is 12.3. The van der Waals surface area contributed by atoms with Crippen LogP contribution in [-0.2, 0) is 4.74 Å². The van der Waals surface area contributed by atoms with Crippen molar-refractivity contribution in [1.82, 2.24) is 9.80 Å². The first-order valence-corrected chi connectivity index (χ1v) is 6.74. The van der Waals surface area contributed by atoms with E-state index in [0.717, 1.165) is 19.4 Å². The molecule has 2 aliphatic heterocycles. The van der Waals surface area contributed by atoms with Crippen LogP contribution >= 0.6 is 0 Å². The van der Waals surface area contributed by atoms with Crippen molar-refractivity contribution in [2.24, 2.45) is 5.73 Å². The van der Waals surface area contributed by atoms with E-state index in [9.17, 15) is 13.2 Å². The summed E-state index contributed by atoms with van der Waals surface area (Å²) in [4.78, 5) is 3.64. The average Bonchev–Trinajstić information content (AvgIpc) is 2.30. The third-order valence-corrected chi connectivity index (χ3v) is 3.89. The minimum atomic E-state index is -4.10. The van der Waals surface area contributed by atoms with Gasteiger partial charge in [0.15, 0.2) is 0 Å². The standard InChI is InChI=1S/C12H22F3N3O/c13-12(14,15)10-18-5-3-17(4-6-18)9-11(16)1-7-19-8-2-11/h1-10,16H2. The van der Waals surface area contributed by atoms with Gasteiger partial charge in [-0.05, 0) is 12.8 Å². The number of nitrogens with two attached hydrogens (primary N) is 1. The normalized spacial score (nSPS) is 26.5. The SMILES string of the molecule is NC1(CN2CCN(CC(F)(F)F)CC2)CCOCC1. The molecule has 0 aromatic rings. The summed E-state index contributed by atoms with van der Waals surface area (Å²) in [6.07, 6.45) is -2.44. The fourth-order valence-corrected chi connectivity index (χ4v) is 2.74. The molecule has 0 saturated carbocycles. The zero-order valence-electron chi connectivity index (χ0n) is 11.1. The Balaban J connectivity index is 1.74. The fraction of sp³-hybridized carbons (Fsp3) is 1.00. The van der Waals surface area contributed by atoms with Gasteiger partial charge in [0.1, 0.15) is 0 Å². The van der Waals surface area contributed by atoms with Crippen molar-refractivity contribution in [3.63, 3.8) is 0 Å². The molecule has 7 heteroatoms. The van der Waals surface area contributed by atoms with E-state index in [1.54, 1.807) is 0 Å². The van der Waals surface area contributed by atoms with Gasteiger partial charge in [0, 0.05) is 51.5 Å². The predicted octanol–water partition coefficient (Wildman–Crippen LogP) is 0.674. The second-order valence-corrected chi connectivity index (χ2v) is 5.64. The van der Waals surface area contributed by atoms with Crippen LogP contribution in [0, 0.1) is 0 Å². The lowest BCUT2D eigenvalue weighted by molar-refractivity contribution is -0.149. The van der Waals surface area contributed by atoms with E-state index < -0.39 is 12.7 Å². The Hall–Kier alpha value is -0.370. The van der Waals surface area contributed by atoms with Crippen LogP contribution < -0.4 is 5.73 Å². The maximum Gasteiger partial charge on any atom is 0.401 e. The van der Waals surface area contributed by atoms with E-state index in [2.05, 4.69) is 4.90 Å². The highest BCUT2D eigenvalue weighted by Crippen LogP contribution is 2.21.